The lowest BCUT2D eigenvalue weighted by Crippen LogP contribution is -1.96. The van der Waals surface area contributed by atoms with Crippen molar-refractivity contribution in [3.05, 3.63) is 41.5 Å². The maximum atomic E-state index is 11.2. The summed E-state index contributed by atoms with van der Waals surface area (Å²) in [4.78, 5) is 16.9. The van der Waals surface area contributed by atoms with Gasteiger partial charge in [-0.1, -0.05) is 6.07 Å². The van der Waals surface area contributed by atoms with Gasteiger partial charge in [0.15, 0.2) is 0 Å². The second-order valence-electron chi connectivity index (χ2n) is 2.90. The van der Waals surface area contributed by atoms with Crippen LogP contribution >= 0.6 is 11.3 Å². The second-order valence-corrected chi connectivity index (χ2v) is 3.98. The normalized spacial score (nSPS) is 9.93. The minimum absolute atomic E-state index is 0.296. The molecule has 0 saturated heterocycles. The van der Waals surface area contributed by atoms with Gasteiger partial charge in [-0.25, -0.2) is 4.79 Å². The van der Waals surface area contributed by atoms with Gasteiger partial charge in [-0.05, 0) is 18.2 Å². The minimum atomic E-state index is -0.296. The number of pyridine rings is 1. The summed E-state index contributed by atoms with van der Waals surface area (Å²) in [6, 6.07) is 7.49. The summed E-state index contributed by atoms with van der Waals surface area (Å²) in [5.74, 6) is -0.296. The van der Waals surface area contributed by atoms with E-state index in [1.165, 1.54) is 18.4 Å². The molecule has 0 radical (unpaired) electrons. The number of ether oxygens (including phenoxy) is 1. The van der Waals surface area contributed by atoms with Crippen LogP contribution < -0.4 is 0 Å². The number of hydrogen-bond donors (Lipinski definition) is 0. The van der Waals surface area contributed by atoms with Gasteiger partial charge in [0.1, 0.15) is 4.88 Å². The van der Waals surface area contributed by atoms with E-state index in [9.17, 15) is 4.79 Å². The Hall–Kier alpha value is -1.68. The van der Waals surface area contributed by atoms with E-state index in [0.29, 0.717) is 4.88 Å². The van der Waals surface area contributed by atoms with E-state index in [0.717, 1.165) is 10.4 Å². The highest BCUT2D eigenvalue weighted by Gasteiger charge is 2.09. The standard InChI is InChI=1S/C11H9NO2S/c1-14-11(13)10-5-4-9(15-10)8-3-2-6-12-7-8/h2-7H,1H3. The fourth-order valence-corrected chi connectivity index (χ4v) is 2.13. The number of carbonyl (C=O) groups is 1. The molecule has 0 amide bonds. The minimum Gasteiger partial charge on any atom is -0.465 e. The van der Waals surface area contributed by atoms with Gasteiger partial charge in [-0.2, -0.15) is 0 Å². The van der Waals surface area contributed by atoms with Crippen LogP contribution in [0.5, 0.6) is 0 Å². The first-order chi connectivity index (χ1) is 7.31. The highest BCUT2D eigenvalue weighted by Crippen LogP contribution is 2.27. The van der Waals surface area contributed by atoms with E-state index in [4.69, 9.17) is 0 Å². The Morgan fingerprint density at radius 1 is 1.40 bits per heavy atom. The molecule has 0 bridgehead atoms. The van der Waals surface area contributed by atoms with Crippen molar-refractivity contribution >= 4 is 17.3 Å². The van der Waals surface area contributed by atoms with Gasteiger partial charge in [-0.3, -0.25) is 4.98 Å². The van der Waals surface area contributed by atoms with Gasteiger partial charge in [0, 0.05) is 22.8 Å². The number of aromatic nitrogens is 1. The molecule has 2 heterocycles. The summed E-state index contributed by atoms with van der Waals surface area (Å²) >= 11 is 1.40. The van der Waals surface area contributed by atoms with E-state index in [2.05, 4.69) is 9.72 Å². The summed E-state index contributed by atoms with van der Waals surface area (Å²) in [6.45, 7) is 0. The van der Waals surface area contributed by atoms with E-state index in [1.54, 1.807) is 18.5 Å². The van der Waals surface area contributed by atoms with Crippen molar-refractivity contribution in [2.45, 2.75) is 0 Å². The third-order valence-electron chi connectivity index (χ3n) is 1.94. The van der Waals surface area contributed by atoms with Crippen LogP contribution in [-0.2, 0) is 4.74 Å². The quantitative estimate of drug-likeness (QED) is 0.729. The highest BCUT2D eigenvalue weighted by molar-refractivity contribution is 7.17. The molecular weight excluding hydrogens is 210 g/mol. The third kappa shape index (κ3) is 2.05. The van der Waals surface area contributed by atoms with E-state index in [-0.39, 0.29) is 5.97 Å². The second kappa shape index (κ2) is 4.23. The van der Waals surface area contributed by atoms with Crippen molar-refractivity contribution in [3.63, 3.8) is 0 Å². The fourth-order valence-electron chi connectivity index (χ4n) is 1.21. The molecule has 0 fully saturated rings. The Morgan fingerprint density at radius 3 is 2.93 bits per heavy atom. The monoisotopic (exact) mass is 219 g/mol. The molecule has 3 nitrogen and oxygen atoms in total. The summed E-state index contributed by atoms with van der Waals surface area (Å²) in [5.41, 5.74) is 1.01. The van der Waals surface area contributed by atoms with Crippen molar-refractivity contribution in [3.8, 4) is 10.4 Å². The smallest absolute Gasteiger partial charge is 0.348 e. The number of hydrogen-bond acceptors (Lipinski definition) is 4. The molecule has 0 N–H and O–H groups in total. The van der Waals surface area contributed by atoms with Crippen LogP contribution in [0.15, 0.2) is 36.7 Å². The van der Waals surface area contributed by atoms with Crippen molar-refractivity contribution in [1.82, 2.24) is 4.98 Å². The molecule has 0 saturated carbocycles. The first kappa shape index (κ1) is 9.86. The van der Waals surface area contributed by atoms with Crippen molar-refractivity contribution in [2.24, 2.45) is 0 Å². The van der Waals surface area contributed by atoms with Crippen LogP contribution in [0.25, 0.3) is 10.4 Å². The first-order valence-electron chi connectivity index (χ1n) is 4.40. The van der Waals surface area contributed by atoms with Gasteiger partial charge in [-0.15, -0.1) is 11.3 Å². The molecule has 15 heavy (non-hydrogen) atoms. The lowest BCUT2D eigenvalue weighted by Gasteiger charge is -1.94. The number of nitrogens with zero attached hydrogens (tertiary/aromatic N) is 1. The number of thiophene rings is 1. The van der Waals surface area contributed by atoms with Crippen LogP contribution in [0.1, 0.15) is 9.67 Å². The largest absolute Gasteiger partial charge is 0.465 e. The van der Waals surface area contributed by atoms with Crippen LogP contribution in [-0.4, -0.2) is 18.1 Å². The molecule has 0 aromatic carbocycles. The average Bonchev–Trinajstić information content (AvgIpc) is 2.78. The summed E-state index contributed by atoms with van der Waals surface area (Å²) < 4.78 is 4.64. The van der Waals surface area contributed by atoms with Gasteiger partial charge >= 0.3 is 5.97 Å². The lowest BCUT2D eigenvalue weighted by molar-refractivity contribution is 0.0606. The molecule has 2 rings (SSSR count). The summed E-state index contributed by atoms with van der Waals surface area (Å²) in [5, 5.41) is 0. The predicted molar refractivity (Wildman–Crippen MR) is 58.9 cm³/mol. The average molecular weight is 219 g/mol. The Labute approximate surface area is 91.4 Å². The van der Waals surface area contributed by atoms with Crippen molar-refractivity contribution < 1.29 is 9.53 Å². The zero-order valence-electron chi connectivity index (χ0n) is 8.14. The predicted octanol–water partition coefficient (Wildman–Crippen LogP) is 2.60. The SMILES string of the molecule is COC(=O)c1ccc(-c2cccnc2)s1. The number of esters is 1. The molecule has 2 aromatic rings. The molecule has 0 spiro atoms. The summed E-state index contributed by atoms with van der Waals surface area (Å²) in [6.07, 6.45) is 3.49. The zero-order chi connectivity index (χ0) is 10.7. The number of methoxy groups -OCH3 is 1. The third-order valence-corrected chi connectivity index (χ3v) is 3.05. The van der Waals surface area contributed by atoms with Gasteiger partial charge in [0.05, 0.1) is 7.11 Å². The highest BCUT2D eigenvalue weighted by atomic mass is 32.1. The number of rotatable bonds is 2. The molecule has 0 atom stereocenters. The zero-order valence-corrected chi connectivity index (χ0v) is 8.95. The molecule has 0 aliphatic carbocycles. The Kier molecular flexibility index (Phi) is 2.78. The van der Waals surface area contributed by atoms with E-state index < -0.39 is 0 Å². The molecule has 76 valence electrons. The maximum absolute atomic E-state index is 11.2. The Balaban J connectivity index is 2.32. The van der Waals surface area contributed by atoms with Crippen LogP contribution in [0.3, 0.4) is 0 Å². The Bertz CT molecular complexity index is 464. The van der Waals surface area contributed by atoms with Gasteiger partial charge in [0.25, 0.3) is 0 Å². The molecule has 0 aliphatic heterocycles. The van der Waals surface area contributed by atoms with Crippen molar-refractivity contribution in [1.29, 1.82) is 0 Å². The van der Waals surface area contributed by atoms with Gasteiger partial charge < -0.3 is 4.74 Å². The first-order valence-corrected chi connectivity index (χ1v) is 5.21. The molecule has 2 aromatic heterocycles. The molecule has 0 aliphatic rings. The Morgan fingerprint density at radius 2 is 2.27 bits per heavy atom. The molecule has 0 unspecified atom stereocenters. The van der Waals surface area contributed by atoms with E-state index in [1.807, 2.05) is 18.2 Å². The van der Waals surface area contributed by atoms with Crippen molar-refractivity contribution in [2.75, 3.05) is 7.11 Å². The maximum Gasteiger partial charge on any atom is 0.348 e. The molecule has 4 heteroatoms. The summed E-state index contributed by atoms with van der Waals surface area (Å²) in [7, 11) is 1.38. The fraction of sp³-hybridized carbons (Fsp3) is 0.0909. The number of carbonyl (C=O) groups excluding carboxylic acids is 1. The topological polar surface area (TPSA) is 39.2 Å². The van der Waals surface area contributed by atoms with Crippen LogP contribution in [0.2, 0.25) is 0 Å². The van der Waals surface area contributed by atoms with E-state index >= 15 is 0 Å². The lowest BCUT2D eigenvalue weighted by atomic mass is 10.2. The van der Waals surface area contributed by atoms with Gasteiger partial charge in [0.2, 0.25) is 0 Å². The van der Waals surface area contributed by atoms with Crippen LogP contribution in [0.4, 0.5) is 0 Å². The molecular formula is C11H9NO2S. The van der Waals surface area contributed by atoms with Crippen LogP contribution in [0, 0.1) is 0 Å².